The smallest absolute Gasteiger partial charge is 0.311 e. The molecule has 2 rings (SSSR count). The molecule has 1 atom stereocenters. The van der Waals surface area contributed by atoms with Crippen LogP contribution in [-0.4, -0.2) is 9.91 Å². The Kier molecular flexibility index (Phi) is 3.88. The van der Waals surface area contributed by atoms with Crippen molar-refractivity contribution < 1.29 is 4.92 Å². The topological polar surface area (TPSA) is 68.1 Å². The number of aromatic nitrogens is 1. The summed E-state index contributed by atoms with van der Waals surface area (Å²) >= 11 is 1.63. The summed E-state index contributed by atoms with van der Waals surface area (Å²) in [5.41, 5.74) is 0.00695. The summed E-state index contributed by atoms with van der Waals surface area (Å²) < 4.78 is 0. The molecule has 0 saturated carbocycles. The summed E-state index contributed by atoms with van der Waals surface area (Å²) in [6, 6.07) is 7.06. The molecule has 0 saturated heterocycles. The number of hydrogen-bond acceptors (Lipinski definition) is 5. The van der Waals surface area contributed by atoms with Crippen molar-refractivity contribution in [2.24, 2.45) is 0 Å². The van der Waals surface area contributed by atoms with Crippen LogP contribution in [-0.2, 0) is 0 Å². The SMILES string of the molecule is CCC(Nc1ncccc1[N+](=O)[O-])c1cccs1. The lowest BCUT2D eigenvalue weighted by molar-refractivity contribution is -0.384. The fraction of sp³-hybridized carbons (Fsp3) is 0.250. The molecule has 0 bridgehead atoms. The summed E-state index contributed by atoms with van der Waals surface area (Å²) in [6.07, 6.45) is 2.39. The van der Waals surface area contributed by atoms with Gasteiger partial charge >= 0.3 is 5.69 Å². The first-order valence-corrected chi connectivity index (χ1v) is 6.49. The van der Waals surface area contributed by atoms with E-state index in [-0.39, 0.29) is 11.7 Å². The maximum Gasteiger partial charge on any atom is 0.311 e. The fourth-order valence-electron chi connectivity index (χ4n) is 1.68. The zero-order valence-corrected chi connectivity index (χ0v) is 10.7. The molecule has 0 amide bonds. The summed E-state index contributed by atoms with van der Waals surface area (Å²) in [5.74, 6) is 0.322. The quantitative estimate of drug-likeness (QED) is 0.661. The number of hydrogen-bond donors (Lipinski definition) is 1. The van der Waals surface area contributed by atoms with Gasteiger partial charge in [0.05, 0.1) is 11.0 Å². The summed E-state index contributed by atoms with van der Waals surface area (Å²) in [6.45, 7) is 2.03. The Morgan fingerprint density at radius 2 is 2.33 bits per heavy atom. The Balaban J connectivity index is 2.25. The van der Waals surface area contributed by atoms with Gasteiger partial charge in [-0.05, 0) is 23.9 Å². The minimum absolute atomic E-state index is 0.00695. The van der Waals surface area contributed by atoms with Gasteiger partial charge in [-0.1, -0.05) is 13.0 Å². The van der Waals surface area contributed by atoms with Gasteiger partial charge in [0, 0.05) is 17.1 Å². The first kappa shape index (κ1) is 12.5. The molecule has 0 radical (unpaired) electrons. The molecule has 1 unspecified atom stereocenters. The highest BCUT2D eigenvalue weighted by molar-refractivity contribution is 7.10. The third-order valence-corrected chi connectivity index (χ3v) is 3.57. The molecule has 0 aliphatic rings. The molecule has 0 aliphatic heterocycles. The second-order valence-electron chi connectivity index (χ2n) is 3.75. The molecule has 2 heterocycles. The molecular weight excluding hydrogens is 250 g/mol. The number of pyridine rings is 1. The van der Waals surface area contributed by atoms with E-state index < -0.39 is 4.92 Å². The van der Waals surface area contributed by atoms with Crippen molar-refractivity contribution in [2.45, 2.75) is 19.4 Å². The second kappa shape index (κ2) is 5.59. The predicted octanol–water partition coefficient (Wildman–Crippen LogP) is 3.61. The number of anilines is 1. The van der Waals surface area contributed by atoms with Crippen LogP contribution < -0.4 is 5.32 Å². The van der Waals surface area contributed by atoms with Crippen LogP contribution in [0.25, 0.3) is 0 Å². The van der Waals surface area contributed by atoms with Gasteiger partial charge in [-0.15, -0.1) is 11.3 Å². The molecule has 2 aromatic rings. The average molecular weight is 263 g/mol. The lowest BCUT2D eigenvalue weighted by atomic mass is 10.2. The van der Waals surface area contributed by atoms with Gasteiger partial charge in [0.2, 0.25) is 5.82 Å². The average Bonchev–Trinajstić information content (AvgIpc) is 2.90. The van der Waals surface area contributed by atoms with Crippen LogP contribution in [0.5, 0.6) is 0 Å². The molecule has 0 spiro atoms. The molecule has 0 aromatic carbocycles. The summed E-state index contributed by atoms with van der Waals surface area (Å²) in [5, 5.41) is 16.0. The van der Waals surface area contributed by atoms with Gasteiger partial charge in [-0.25, -0.2) is 4.98 Å². The monoisotopic (exact) mass is 263 g/mol. The van der Waals surface area contributed by atoms with Crippen molar-refractivity contribution >= 4 is 22.8 Å². The Labute approximate surface area is 109 Å². The Bertz CT molecular complexity index is 528. The highest BCUT2D eigenvalue weighted by Crippen LogP contribution is 2.29. The first-order chi connectivity index (χ1) is 8.72. The van der Waals surface area contributed by atoms with E-state index in [1.807, 2.05) is 24.4 Å². The molecule has 5 nitrogen and oxygen atoms in total. The minimum Gasteiger partial charge on any atom is -0.357 e. The van der Waals surface area contributed by atoms with Crippen molar-refractivity contribution in [3.8, 4) is 0 Å². The number of nitrogens with one attached hydrogen (secondary N) is 1. The first-order valence-electron chi connectivity index (χ1n) is 5.61. The van der Waals surface area contributed by atoms with E-state index in [9.17, 15) is 10.1 Å². The lowest BCUT2D eigenvalue weighted by Crippen LogP contribution is -2.10. The molecule has 0 fully saturated rings. The van der Waals surface area contributed by atoms with Crippen molar-refractivity contribution in [3.63, 3.8) is 0 Å². The maximum atomic E-state index is 10.9. The van der Waals surface area contributed by atoms with Crippen LogP contribution in [0.4, 0.5) is 11.5 Å². The van der Waals surface area contributed by atoms with Crippen LogP contribution >= 0.6 is 11.3 Å². The maximum absolute atomic E-state index is 10.9. The standard InChI is InChI=1S/C12H13N3O2S/c1-2-9(11-6-4-8-18-11)14-12-10(15(16)17)5-3-7-13-12/h3-9H,2H2,1H3,(H,13,14). The van der Waals surface area contributed by atoms with Crippen LogP contribution in [0.15, 0.2) is 35.8 Å². The second-order valence-corrected chi connectivity index (χ2v) is 4.73. The van der Waals surface area contributed by atoms with E-state index in [2.05, 4.69) is 10.3 Å². The van der Waals surface area contributed by atoms with Gasteiger partial charge in [-0.3, -0.25) is 10.1 Å². The van der Waals surface area contributed by atoms with E-state index in [0.29, 0.717) is 5.82 Å². The normalized spacial score (nSPS) is 12.1. The van der Waals surface area contributed by atoms with Crippen molar-refractivity contribution in [1.82, 2.24) is 4.98 Å². The van der Waals surface area contributed by atoms with Crippen molar-refractivity contribution in [1.29, 1.82) is 0 Å². The predicted molar refractivity (Wildman–Crippen MR) is 71.9 cm³/mol. The highest BCUT2D eigenvalue weighted by atomic mass is 32.1. The fourth-order valence-corrected chi connectivity index (χ4v) is 2.55. The number of thiophene rings is 1. The number of nitrogens with zero attached hydrogens (tertiary/aromatic N) is 2. The van der Waals surface area contributed by atoms with E-state index >= 15 is 0 Å². The summed E-state index contributed by atoms with van der Waals surface area (Å²) in [4.78, 5) is 15.7. The zero-order chi connectivity index (χ0) is 13.0. The Hall–Kier alpha value is -1.95. The molecular formula is C12H13N3O2S. The van der Waals surface area contributed by atoms with Gasteiger partial charge in [0.25, 0.3) is 0 Å². The zero-order valence-electron chi connectivity index (χ0n) is 9.87. The molecule has 2 aromatic heterocycles. The van der Waals surface area contributed by atoms with Gasteiger partial charge in [-0.2, -0.15) is 0 Å². The van der Waals surface area contributed by atoms with Crippen LogP contribution in [0.2, 0.25) is 0 Å². The van der Waals surface area contributed by atoms with E-state index in [4.69, 9.17) is 0 Å². The number of rotatable bonds is 5. The third kappa shape index (κ3) is 2.65. The third-order valence-electron chi connectivity index (χ3n) is 2.59. The van der Waals surface area contributed by atoms with E-state index in [1.54, 1.807) is 23.6 Å². The van der Waals surface area contributed by atoms with Crippen molar-refractivity contribution in [2.75, 3.05) is 5.32 Å². The molecule has 18 heavy (non-hydrogen) atoms. The summed E-state index contributed by atoms with van der Waals surface area (Å²) in [7, 11) is 0. The van der Waals surface area contributed by atoms with Gasteiger partial charge < -0.3 is 5.32 Å². The molecule has 94 valence electrons. The Morgan fingerprint density at radius 3 is 2.94 bits per heavy atom. The number of nitro groups is 1. The lowest BCUT2D eigenvalue weighted by Gasteiger charge is -2.15. The molecule has 0 aliphatic carbocycles. The van der Waals surface area contributed by atoms with Gasteiger partial charge in [0.1, 0.15) is 0 Å². The van der Waals surface area contributed by atoms with Crippen LogP contribution in [0.3, 0.4) is 0 Å². The Morgan fingerprint density at radius 1 is 1.50 bits per heavy atom. The molecule has 6 heteroatoms. The van der Waals surface area contributed by atoms with Crippen molar-refractivity contribution in [3.05, 3.63) is 50.8 Å². The van der Waals surface area contributed by atoms with Gasteiger partial charge in [0.15, 0.2) is 0 Å². The largest absolute Gasteiger partial charge is 0.357 e. The highest BCUT2D eigenvalue weighted by Gasteiger charge is 2.18. The van der Waals surface area contributed by atoms with E-state index in [1.165, 1.54) is 6.07 Å². The van der Waals surface area contributed by atoms with E-state index in [0.717, 1.165) is 11.3 Å². The minimum atomic E-state index is -0.420. The van der Waals surface area contributed by atoms with Crippen LogP contribution in [0.1, 0.15) is 24.3 Å². The molecule has 1 N–H and O–H groups in total. The van der Waals surface area contributed by atoms with Crippen LogP contribution in [0, 0.1) is 10.1 Å².